The van der Waals surface area contributed by atoms with E-state index in [0.717, 1.165) is 66.6 Å². The molecule has 0 saturated carbocycles. The molecule has 10 rings (SSSR count). The van der Waals surface area contributed by atoms with Gasteiger partial charge in [0.1, 0.15) is 5.75 Å². The van der Waals surface area contributed by atoms with Crippen LogP contribution in [0.5, 0.6) is 5.75 Å². The summed E-state index contributed by atoms with van der Waals surface area (Å²) in [4.78, 5) is 16.3. The van der Waals surface area contributed by atoms with Crippen molar-refractivity contribution in [1.29, 1.82) is 0 Å². The van der Waals surface area contributed by atoms with E-state index in [1.807, 2.05) is 12.1 Å². The van der Waals surface area contributed by atoms with Crippen LogP contribution in [0.1, 0.15) is 25.0 Å². The van der Waals surface area contributed by atoms with Gasteiger partial charge in [-0.1, -0.05) is 184 Å². The fourth-order valence-corrected chi connectivity index (χ4v) is 8.77. The number of fused-ring (bicyclic) bond motifs is 4. The Kier molecular flexibility index (Phi) is 8.34. The number of hydrogen-bond acceptors (Lipinski definition) is 4. The van der Waals surface area contributed by atoms with Gasteiger partial charge in [-0.3, -0.25) is 0 Å². The molecule has 0 unspecified atom stereocenters. The van der Waals surface area contributed by atoms with Crippen LogP contribution in [0.4, 0.5) is 0 Å². The lowest BCUT2D eigenvalue weighted by atomic mass is 9.78. The zero-order chi connectivity index (χ0) is 38.5. The fourth-order valence-electron chi connectivity index (χ4n) is 8.77. The van der Waals surface area contributed by atoms with Crippen LogP contribution in [0.25, 0.3) is 89.4 Å². The topological polar surface area (TPSA) is 47.9 Å². The lowest BCUT2D eigenvalue weighted by molar-refractivity contribution is 0.413. The summed E-state index contributed by atoms with van der Waals surface area (Å²) in [6, 6.07) is 64.0. The van der Waals surface area contributed by atoms with Crippen molar-refractivity contribution in [2.24, 2.45) is 0 Å². The van der Waals surface area contributed by atoms with Crippen molar-refractivity contribution in [3.63, 3.8) is 0 Å². The molecule has 1 heterocycles. The molecule has 1 aromatic heterocycles. The van der Waals surface area contributed by atoms with Gasteiger partial charge in [-0.05, 0) is 78.5 Å². The second kappa shape index (κ2) is 13.8. The molecule has 57 heavy (non-hydrogen) atoms. The number of aromatic nitrogens is 3. The smallest absolute Gasteiger partial charge is 0.165 e. The number of nitrogens with zero attached hydrogens (tertiary/aromatic N) is 3. The van der Waals surface area contributed by atoms with Crippen molar-refractivity contribution >= 4 is 10.8 Å². The van der Waals surface area contributed by atoms with E-state index < -0.39 is 0 Å². The standard InChI is InChI=1S/C53H39N3O/c1-53(2)47-33-37(57-3)30-32-41(47)43-27-16-28-44(49(43)53)42-31-29-36-21-10-11-24-40(36)48(42)52-55-50(45-25-14-12-22-38(45)34-17-6-4-7-18-34)54-51(56-52)46-26-15-13-23-39(46)35-19-8-5-9-20-35/h4-33H,1-3H3. The average molecular weight is 734 g/mol. The summed E-state index contributed by atoms with van der Waals surface area (Å²) < 4.78 is 5.72. The number of benzene rings is 8. The minimum atomic E-state index is -0.294. The van der Waals surface area contributed by atoms with Crippen LogP contribution in [-0.2, 0) is 5.41 Å². The quantitative estimate of drug-likeness (QED) is 0.164. The molecule has 9 aromatic rings. The Morgan fingerprint density at radius 3 is 1.51 bits per heavy atom. The van der Waals surface area contributed by atoms with Crippen molar-refractivity contribution in [2.75, 3.05) is 7.11 Å². The van der Waals surface area contributed by atoms with Crippen molar-refractivity contribution in [2.45, 2.75) is 19.3 Å². The zero-order valence-electron chi connectivity index (χ0n) is 32.1. The highest BCUT2D eigenvalue weighted by Crippen LogP contribution is 2.54. The molecule has 0 saturated heterocycles. The predicted octanol–water partition coefficient (Wildman–Crippen LogP) is 13.3. The molecular formula is C53H39N3O. The summed E-state index contributed by atoms with van der Waals surface area (Å²) in [6.07, 6.45) is 0. The minimum absolute atomic E-state index is 0.294. The predicted molar refractivity (Wildman–Crippen MR) is 234 cm³/mol. The second-order valence-corrected chi connectivity index (χ2v) is 15.1. The van der Waals surface area contributed by atoms with Crippen LogP contribution in [0.15, 0.2) is 182 Å². The second-order valence-electron chi connectivity index (χ2n) is 15.1. The Bertz CT molecular complexity index is 2870. The third-order valence-corrected chi connectivity index (χ3v) is 11.5. The molecule has 4 nitrogen and oxygen atoms in total. The molecule has 0 radical (unpaired) electrons. The van der Waals surface area contributed by atoms with Gasteiger partial charge in [0.2, 0.25) is 0 Å². The molecule has 4 heteroatoms. The molecule has 1 aliphatic rings. The van der Waals surface area contributed by atoms with Crippen LogP contribution in [0, 0.1) is 0 Å². The van der Waals surface area contributed by atoms with Crippen LogP contribution < -0.4 is 4.74 Å². The molecule has 1 aliphatic carbocycles. The van der Waals surface area contributed by atoms with Crippen molar-refractivity contribution in [3.05, 3.63) is 193 Å². The van der Waals surface area contributed by atoms with Gasteiger partial charge in [0.05, 0.1) is 7.11 Å². The summed E-state index contributed by atoms with van der Waals surface area (Å²) >= 11 is 0. The molecule has 0 atom stereocenters. The normalized spacial score (nSPS) is 12.6. The van der Waals surface area contributed by atoms with E-state index in [-0.39, 0.29) is 5.41 Å². The maximum absolute atomic E-state index is 5.72. The SMILES string of the molecule is COc1ccc2c(c1)C(C)(C)c1c-2cccc1-c1ccc2ccccc2c1-c1nc(-c2ccccc2-c2ccccc2)nc(-c2ccccc2-c2ccccc2)n1. The highest BCUT2D eigenvalue weighted by atomic mass is 16.5. The van der Waals surface area contributed by atoms with Gasteiger partial charge in [0, 0.05) is 22.1 Å². The highest BCUT2D eigenvalue weighted by Gasteiger charge is 2.38. The Balaban J connectivity index is 1.28. The maximum Gasteiger partial charge on any atom is 0.165 e. The summed E-state index contributed by atoms with van der Waals surface area (Å²) in [7, 11) is 1.73. The van der Waals surface area contributed by atoms with Crippen LogP contribution in [-0.4, -0.2) is 22.1 Å². The Hall–Kier alpha value is -7.17. The molecule has 0 fully saturated rings. The average Bonchev–Trinajstić information content (AvgIpc) is 3.51. The molecule has 0 N–H and O–H groups in total. The molecule has 8 aromatic carbocycles. The van der Waals surface area contributed by atoms with Gasteiger partial charge in [-0.15, -0.1) is 0 Å². The molecule has 0 amide bonds. The van der Waals surface area contributed by atoms with E-state index >= 15 is 0 Å². The Labute approximate surface area is 333 Å². The number of hydrogen-bond donors (Lipinski definition) is 0. The van der Waals surface area contributed by atoms with E-state index in [1.165, 1.54) is 22.3 Å². The monoisotopic (exact) mass is 733 g/mol. The largest absolute Gasteiger partial charge is 0.497 e. The van der Waals surface area contributed by atoms with Gasteiger partial charge in [-0.25, -0.2) is 15.0 Å². The van der Waals surface area contributed by atoms with Crippen LogP contribution >= 0.6 is 0 Å². The van der Waals surface area contributed by atoms with Crippen LogP contribution in [0.2, 0.25) is 0 Å². The number of ether oxygens (including phenoxy) is 1. The van der Waals surface area contributed by atoms with E-state index in [0.29, 0.717) is 17.5 Å². The first kappa shape index (κ1) is 34.3. The summed E-state index contributed by atoms with van der Waals surface area (Å²) in [5.41, 5.74) is 14.1. The van der Waals surface area contributed by atoms with Crippen LogP contribution in [0.3, 0.4) is 0 Å². The van der Waals surface area contributed by atoms with E-state index in [9.17, 15) is 0 Å². The maximum atomic E-state index is 5.72. The van der Waals surface area contributed by atoms with Gasteiger partial charge < -0.3 is 4.74 Å². The fraction of sp³-hybridized carbons (Fsp3) is 0.0755. The first-order valence-electron chi connectivity index (χ1n) is 19.4. The van der Waals surface area contributed by atoms with E-state index in [1.54, 1.807) is 7.11 Å². The summed E-state index contributed by atoms with van der Waals surface area (Å²) in [5, 5.41) is 2.20. The summed E-state index contributed by atoms with van der Waals surface area (Å²) in [5.74, 6) is 2.73. The van der Waals surface area contributed by atoms with Gasteiger partial charge in [0.15, 0.2) is 17.5 Å². The lowest BCUT2D eigenvalue weighted by Gasteiger charge is -2.26. The van der Waals surface area contributed by atoms with Gasteiger partial charge >= 0.3 is 0 Å². The molecule has 0 bridgehead atoms. The first-order valence-corrected chi connectivity index (χ1v) is 19.4. The van der Waals surface area contributed by atoms with Crippen molar-refractivity contribution < 1.29 is 4.74 Å². The molecule has 0 spiro atoms. The number of methoxy groups -OCH3 is 1. The van der Waals surface area contributed by atoms with E-state index in [4.69, 9.17) is 19.7 Å². The summed E-state index contributed by atoms with van der Waals surface area (Å²) in [6.45, 7) is 4.64. The molecule has 272 valence electrons. The van der Waals surface area contributed by atoms with Crippen molar-refractivity contribution in [1.82, 2.24) is 15.0 Å². The highest BCUT2D eigenvalue weighted by molar-refractivity contribution is 6.05. The molecular weight excluding hydrogens is 695 g/mol. The third kappa shape index (κ3) is 5.80. The van der Waals surface area contributed by atoms with Crippen molar-refractivity contribution in [3.8, 4) is 84.4 Å². The Morgan fingerprint density at radius 2 is 0.895 bits per heavy atom. The molecule has 0 aliphatic heterocycles. The third-order valence-electron chi connectivity index (χ3n) is 11.5. The number of rotatable bonds is 7. The minimum Gasteiger partial charge on any atom is -0.497 e. The lowest BCUT2D eigenvalue weighted by Crippen LogP contribution is -2.16. The van der Waals surface area contributed by atoms with Gasteiger partial charge in [-0.2, -0.15) is 0 Å². The Morgan fingerprint density at radius 1 is 0.404 bits per heavy atom. The van der Waals surface area contributed by atoms with E-state index in [2.05, 4.69) is 184 Å². The van der Waals surface area contributed by atoms with Gasteiger partial charge in [0.25, 0.3) is 0 Å². The first-order chi connectivity index (χ1) is 28.0. The zero-order valence-corrected chi connectivity index (χ0v) is 32.1.